The van der Waals surface area contributed by atoms with Gasteiger partial charge in [-0.2, -0.15) is 0 Å². The van der Waals surface area contributed by atoms with Crippen molar-refractivity contribution in [3.8, 4) is 22.3 Å². The standard InChI is InChI=1S/C72H45N3O/c1-3-15-45(16-4-1)51-21-11-23-53(43-51)74(64-29-13-27-59-69-55-25-9-7-19-47(55)33-39-61(69)73-71(59)64)62-40-34-49-32-38-58-63(41-35-50-31-37-57(62)67(49)68(50)58)75(54-24-12-22-52(44-54)46-17-5-2-6-18-46)65-30-14-28-60-70-56-26-10-8-20-48(56)36-42-66(70)76-72(60)65/h1-44,73H. The first kappa shape index (κ1) is 42.4. The van der Waals surface area contributed by atoms with Gasteiger partial charge in [0.15, 0.2) is 5.58 Å². The minimum atomic E-state index is 0.847. The molecule has 0 aliphatic carbocycles. The van der Waals surface area contributed by atoms with Gasteiger partial charge in [0, 0.05) is 49.2 Å². The van der Waals surface area contributed by atoms with Gasteiger partial charge >= 0.3 is 0 Å². The first-order valence-corrected chi connectivity index (χ1v) is 26.1. The molecule has 354 valence electrons. The summed E-state index contributed by atoms with van der Waals surface area (Å²) in [4.78, 5) is 8.85. The molecule has 16 rings (SSSR count). The zero-order chi connectivity index (χ0) is 49.8. The number of anilines is 6. The van der Waals surface area contributed by atoms with Crippen molar-refractivity contribution in [3.63, 3.8) is 0 Å². The average Bonchev–Trinajstić information content (AvgIpc) is 4.09. The Morgan fingerprint density at radius 3 is 1.38 bits per heavy atom. The van der Waals surface area contributed by atoms with Gasteiger partial charge in [-0.05, 0) is 126 Å². The molecule has 0 saturated carbocycles. The minimum absolute atomic E-state index is 0.847. The lowest BCUT2D eigenvalue weighted by molar-refractivity contribution is 0.669. The molecule has 0 atom stereocenters. The fourth-order valence-electron chi connectivity index (χ4n) is 12.5. The highest BCUT2D eigenvalue weighted by Crippen LogP contribution is 2.51. The molecule has 0 radical (unpaired) electrons. The molecule has 76 heavy (non-hydrogen) atoms. The molecule has 2 heterocycles. The van der Waals surface area contributed by atoms with E-state index in [-0.39, 0.29) is 0 Å². The zero-order valence-electron chi connectivity index (χ0n) is 41.2. The maximum atomic E-state index is 7.04. The Hall–Kier alpha value is -10.2. The summed E-state index contributed by atoms with van der Waals surface area (Å²) in [6, 6.07) is 97.3. The molecule has 0 unspecified atom stereocenters. The highest BCUT2D eigenvalue weighted by atomic mass is 16.3. The van der Waals surface area contributed by atoms with E-state index in [1.165, 1.54) is 64.8 Å². The van der Waals surface area contributed by atoms with Crippen LogP contribution in [0.3, 0.4) is 0 Å². The molecule has 0 aliphatic heterocycles. The third-order valence-corrected chi connectivity index (χ3v) is 15.9. The van der Waals surface area contributed by atoms with Crippen LogP contribution in [0.15, 0.2) is 271 Å². The molecule has 14 aromatic carbocycles. The number of para-hydroxylation sites is 2. The summed E-state index contributed by atoms with van der Waals surface area (Å²) in [5, 5.41) is 16.6. The van der Waals surface area contributed by atoms with E-state index in [4.69, 9.17) is 4.42 Å². The Kier molecular flexibility index (Phi) is 9.30. The topological polar surface area (TPSA) is 35.4 Å². The van der Waals surface area contributed by atoms with Crippen molar-refractivity contribution in [2.45, 2.75) is 0 Å². The molecule has 0 spiro atoms. The highest BCUT2D eigenvalue weighted by Gasteiger charge is 2.26. The van der Waals surface area contributed by atoms with Gasteiger partial charge in [0.1, 0.15) is 5.58 Å². The number of aromatic amines is 1. The Morgan fingerprint density at radius 2 is 0.750 bits per heavy atom. The monoisotopic (exact) mass is 967 g/mol. The summed E-state index contributed by atoms with van der Waals surface area (Å²) >= 11 is 0. The van der Waals surface area contributed by atoms with Crippen molar-refractivity contribution in [2.75, 3.05) is 9.80 Å². The number of fused-ring (bicyclic) bond motifs is 10. The number of hydrogen-bond donors (Lipinski definition) is 1. The molecule has 0 aliphatic rings. The van der Waals surface area contributed by atoms with Gasteiger partial charge < -0.3 is 19.2 Å². The largest absolute Gasteiger partial charge is 0.454 e. The summed E-state index contributed by atoms with van der Waals surface area (Å²) < 4.78 is 7.04. The average molecular weight is 968 g/mol. The molecule has 0 amide bonds. The number of H-pyrrole nitrogens is 1. The van der Waals surface area contributed by atoms with E-state index in [0.717, 1.165) is 89.2 Å². The van der Waals surface area contributed by atoms with Crippen molar-refractivity contribution < 1.29 is 4.42 Å². The Morgan fingerprint density at radius 1 is 0.276 bits per heavy atom. The fraction of sp³-hybridized carbons (Fsp3) is 0. The Balaban J connectivity index is 0.958. The van der Waals surface area contributed by atoms with Gasteiger partial charge in [0.25, 0.3) is 0 Å². The van der Waals surface area contributed by atoms with E-state index in [1.54, 1.807) is 0 Å². The molecule has 2 aromatic heterocycles. The maximum Gasteiger partial charge on any atom is 0.159 e. The molecule has 4 nitrogen and oxygen atoms in total. The minimum Gasteiger partial charge on any atom is -0.454 e. The second-order valence-corrected chi connectivity index (χ2v) is 20.0. The quantitative estimate of drug-likeness (QED) is 0.154. The van der Waals surface area contributed by atoms with Crippen LogP contribution >= 0.6 is 0 Å². The van der Waals surface area contributed by atoms with Crippen LogP contribution in [0.4, 0.5) is 34.1 Å². The number of benzene rings is 14. The molecular formula is C72H45N3O. The summed E-state index contributed by atoms with van der Waals surface area (Å²) in [5.41, 5.74) is 14.9. The van der Waals surface area contributed by atoms with Crippen LogP contribution in [0.1, 0.15) is 0 Å². The van der Waals surface area contributed by atoms with Crippen LogP contribution in [-0.4, -0.2) is 4.98 Å². The molecule has 4 heteroatoms. The van der Waals surface area contributed by atoms with Gasteiger partial charge in [-0.1, -0.05) is 206 Å². The summed E-state index contributed by atoms with van der Waals surface area (Å²) in [6.45, 7) is 0. The second kappa shape index (κ2) is 16.7. The van der Waals surface area contributed by atoms with E-state index in [1.807, 2.05) is 0 Å². The van der Waals surface area contributed by atoms with E-state index in [9.17, 15) is 0 Å². The highest BCUT2D eigenvalue weighted by molar-refractivity contribution is 6.30. The van der Waals surface area contributed by atoms with Crippen molar-refractivity contribution in [1.82, 2.24) is 4.98 Å². The lowest BCUT2D eigenvalue weighted by atomic mass is 9.91. The van der Waals surface area contributed by atoms with Gasteiger partial charge in [-0.25, -0.2) is 0 Å². The number of furan rings is 1. The molecule has 1 N–H and O–H groups in total. The SMILES string of the molecule is c1ccc(-c2cccc(N(c3ccc4ccc5c(N(c6cccc(-c7ccccc7)c6)c6cccc7c6oc6ccc8ccccc8c67)ccc6ccc3c4c65)c3cccc4c3[nH]c3ccc5ccccc5c34)c2)cc1. The van der Waals surface area contributed by atoms with Gasteiger partial charge in [0.2, 0.25) is 0 Å². The van der Waals surface area contributed by atoms with Crippen LogP contribution in [0, 0.1) is 0 Å². The lowest BCUT2D eigenvalue weighted by Crippen LogP contribution is -2.12. The fourth-order valence-corrected chi connectivity index (χ4v) is 12.5. The van der Waals surface area contributed by atoms with Crippen LogP contribution in [0.5, 0.6) is 0 Å². The van der Waals surface area contributed by atoms with E-state index < -0.39 is 0 Å². The molecular weight excluding hydrogens is 923 g/mol. The van der Waals surface area contributed by atoms with Gasteiger partial charge in [0.05, 0.1) is 28.3 Å². The number of nitrogens with one attached hydrogen (secondary N) is 1. The third kappa shape index (κ3) is 6.44. The summed E-state index contributed by atoms with van der Waals surface area (Å²) in [6.07, 6.45) is 0. The van der Waals surface area contributed by atoms with E-state index >= 15 is 0 Å². The molecule has 0 saturated heterocycles. The Bertz CT molecular complexity index is 4640. The lowest BCUT2D eigenvalue weighted by Gasteiger charge is -2.30. The number of hydrogen-bond acceptors (Lipinski definition) is 3. The summed E-state index contributed by atoms with van der Waals surface area (Å²) in [5.74, 6) is 0. The molecule has 0 fully saturated rings. The number of rotatable bonds is 8. The first-order valence-electron chi connectivity index (χ1n) is 26.1. The van der Waals surface area contributed by atoms with Crippen molar-refractivity contribution >= 4 is 132 Å². The smallest absolute Gasteiger partial charge is 0.159 e. The van der Waals surface area contributed by atoms with Crippen molar-refractivity contribution in [2.24, 2.45) is 0 Å². The van der Waals surface area contributed by atoms with Crippen LogP contribution in [0.2, 0.25) is 0 Å². The Labute approximate surface area is 437 Å². The number of nitrogens with zero attached hydrogens (tertiary/aromatic N) is 2. The molecule has 16 aromatic rings. The van der Waals surface area contributed by atoms with Crippen LogP contribution in [-0.2, 0) is 0 Å². The van der Waals surface area contributed by atoms with Crippen LogP contribution in [0.25, 0.3) is 120 Å². The van der Waals surface area contributed by atoms with Crippen molar-refractivity contribution in [1.29, 1.82) is 0 Å². The number of aromatic nitrogens is 1. The van der Waals surface area contributed by atoms with E-state index in [2.05, 4.69) is 282 Å². The predicted octanol–water partition coefficient (Wildman–Crippen LogP) is 20.7. The zero-order valence-corrected chi connectivity index (χ0v) is 41.2. The van der Waals surface area contributed by atoms with Gasteiger partial charge in [-0.15, -0.1) is 0 Å². The summed E-state index contributed by atoms with van der Waals surface area (Å²) in [7, 11) is 0. The maximum absolute atomic E-state index is 7.04. The molecule has 0 bridgehead atoms. The van der Waals surface area contributed by atoms with Crippen LogP contribution < -0.4 is 9.80 Å². The normalized spacial score (nSPS) is 11.9. The third-order valence-electron chi connectivity index (χ3n) is 15.9. The van der Waals surface area contributed by atoms with Gasteiger partial charge in [-0.3, -0.25) is 0 Å². The first-order chi connectivity index (χ1) is 37.7. The van der Waals surface area contributed by atoms with E-state index in [0.29, 0.717) is 0 Å². The van der Waals surface area contributed by atoms with Crippen molar-refractivity contribution in [3.05, 3.63) is 267 Å². The predicted molar refractivity (Wildman–Crippen MR) is 322 cm³/mol. The second-order valence-electron chi connectivity index (χ2n) is 20.0.